The molecule has 0 saturated heterocycles. The zero-order valence-electron chi connectivity index (χ0n) is 8.93. The summed E-state index contributed by atoms with van der Waals surface area (Å²) < 4.78 is 1.29. The highest BCUT2D eigenvalue weighted by Crippen LogP contribution is 2.19. The van der Waals surface area contributed by atoms with Gasteiger partial charge in [0.05, 0.1) is 6.20 Å². The first-order valence-corrected chi connectivity index (χ1v) is 5.15. The molecular formula is C10H13N3O3. The summed E-state index contributed by atoms with van der Waals surface area (Å²) in [4.78, 5) is 22.7. The molecule has 1 aromatic rings. The molecule has 1 amide bonds. The Morgan fingerprint density at radius 2 is 2.25 bits per heavy atom. The van der Waals surface area contributed by atoms with Crippen LogP contribution in [0.4, 0.5) is 0 Å². The van der Waals surface area contributed by atoms with Crippen molar-refractivity contribution < 1.29 is 14.7 Å². The van der Waals surface area contributed by atoms with Gasteiger partial charge in [-0.1, -0.05) is 0 Å². The summed E-state index contributed by atoms with van der Waals surface area (Å²) in [6.45, 7) is 0. The lowest BCUT2D eigenvalue weighted by atomic mass is 9.93. The molecule has 0 radical (unpaired) electrons. The molecule has 0 aliphatic heterocycles. The van der Waals surface area contributed by atoms with E-state index >= 15 is 0 Å². The Hall–Kier alpha value is -1.85. The molecular weight excluding hydrogens is 210 g/mol. The quantitative estimate of drug-likeness (QED) is 0.776. The van der Waals surface area contributed by atoms with Crippen molar-refractivity contribution in [3.63, 3.8) is 0 Å². The number of rotatable bonds is 3. The predicted molar refractivity (Wildman–Crippen MR) is 55.3 cm³/mol. The van der Waals surface area contributed by atoms with Crippen LogP contribution >= 0.6 is 0 Å². The highest BCUT2D eigenvalue weighted by molar-refractivity contribution is 6.03. The van der Waals surface area contributed by atoms with E-state index in [-0.39, 0.29) is 23.2 Å². The summed E-state index contributed by atoms with van der Waals surface area (Å²) in [6.07, 6.45) is 4.23. The molecule has 0 unspecified atom stereocenters. The van der Waals surface area contributed by atoms with Gasteiger partial charge in [0.1, 0.15) is 11.3 Å². The number of hydrogen-bond donors (Lipinski definition) is 2. The topological polar surface area (TPSA) is 84.2 Å². The maximum atomic E-state index is 11.8. The van der Waals surface area contributed by atoms with E-state index in [9.17, 15) is 9.59 Å². The number of hydrogen-bond acceptors (Lipinski definition) is 3. The summed E-state index contributed by atoms with van der Waals surface area (Å²) in [7, 11) is 1.56. The fourth-order valence-corrected chi connectivity index (χ4v) is 1.67. The number of aryl methyl sites for hydroxylation is 1. The maximum absolute atomic E-state index is 11.8. The molecule has 1 aromatic heterocycles. The van der Waals surface area contributed by atoms with E-state index < -0.39 is 5.97 Å². The molecule has 6 nitrogen and oxygen atoms in total. The van der Waals surface area contributed by atoms with Crippen molar-refractivity contribution in [2.75, 3.05) is 0 Å². The van der Waals surface area contributed by atoms with Crippen molar-refractivity contribution in [1.82, 2.24) is 15.1 Å². The lowest BCUT2D eigenvalue weighted by Gasteiger charge is -2.26. The van der Waals surface area contributed by atoms with Gasteiger partial charge >= 0.3 is 5.97 Å². The smallest absolute Gasteiger partial charge is 0.339 e. The Morgan fingerprint density at radius 1 is 1.56 bits per heavy atom. The second-order valence-corrected chi connectivity index (χ2v) is 3.94. The van der Waals surface area contributed by atoms with Crippen molar-refractivity contribution >= 4 is 11.9 Å². The van der Waals surface area contributed by atoms with Gasteiger partial charge in [-0.05, 0) is 19.3 Å². The predicted octanol–water partition coefficient (Wildman–Crippen LogP) is 0.401. The second-order valence-electron chi connectivity index (χ2n) is 3.94. The average molecular weight is 223 g/mol. The minimum absolute atomic E-state index is 0.0562. The minimum Gasteiger partial charge on any atom is -0.478 e. The molecule has 6 heteroatoms. The van der Waals surface area contributed by atoms with E-state index in [1.165, 1.54) is 10.9 Å². The van der Waals surface area contributed by atoms with Crippen LogP contribution in [0.5, 0.6) is 0 Å². The molecule has 0 bridgehead atoms. The Labute approximate surface area is 92.3 Å². The van der Waals surface area contributed by atoms with Crippen LogP contribution in [0.1, 0.15) is 40.1 Å². The van der Waals surface area contributed by atoms with Crippen LogP contribution in [0.15, 0.2) is 6.20 Å². The number of carbonyl (C=O) groups excluding carboxylic acids is 1. The molecule has 0 spiro atoms. The number of amides is 1. The standard InChI is InChI=1S/C10H13N3O3/c1-13-8(7(5-11-13)10(15)16)9(14)12-6-3-2-4-6/h5-6H,2-4H2,1H3,(H,12,14)(H,15,16). The molecule has 1 fully saturated rings. The van der Waals surface area contributed by atoms with Gasteiger partial charge in [0.15, 0.2) is 0 Å². The zero-order valence-corrected chi connectivity index (χ0v) is 8.93. The highest BCUT2D eigenvalue weighted by Gasteiger charge is 2.25. The van der Waals surface area contributed by atoms with Gasteiger partial charge in [0.25, 0.3) is 5.91 Å². The SMILES string of the molecule is Cn1ncc(C(=O)O)c1C(=O)NC1CCC1. The molecule has 2 rings (SSSR count). The third-order valence-electron chi connectivity index (χ3n) is 2.82. The first-order valence-electron chi connectivity index (χ1n) is 5.15. The first-order chi connectivity index (χ1) is 7.59. The van der Waals surface area contributed by atoms with Gasteiger partial charge in [-0.3, -0.25) is 9.48 Å². The van der Waals surface area contributed by atoms with Crippen LogP contribution in [0.2, 0.25) is 0 Å². The van der Waals surface area contributed by atoms with Gasteiger partial charge in [0, 0.05) is 13.1 Å². The highest BCUT2D eigenvalue weighted by atomic mass is 16.4. The average Bonchev–Trinajstić information content (AvgIpc) is 2.53. The van der Waals surface area contributed by atoms with E-state index in [4.69, 9.17) is 5.11 Å². The van der Waals surface area contributed by atoms with E-state index in [0.29, 0.717) is 0 Å². The first kappa shape index (κ1) is 10.7. The molecule has 0 aromatic carbocycles. The van der Waals surface area contributed by atoms with Crippen molar-refractivity contribution in [3.05, 3.63) is 17.5 Å². The van der Waals surface area contributed by atoms with Crippen molar-refractivity contribution in [2.45, 2.75) is 25.3 Å². The Kier molecular flexibility index (Phi) is 2.64. The fraction of sp³-hybridized carbons (Fsp3) is 0.500. The summed E-state index contributed by atoms with van der Waals surface area (Å²) in [5.41, 5.74) is 0.0544. The van der Waals surface area contributed by atoms with E-state index in [1.807, 2.05) is 0 Å². The Bertz CT molecular complexity index is 435. The van der Waals surface area contributed by atoms with Gasteiger partial charge in [-0.2, -0.15) is 5.10 Å². The van der Waals surface area contributed by atoms with Crippen LogP contribution in [-0.4, -0.2) is 32.8 Å². The Morgan fingerprint density at radius 3 is 2.75 bits per heavy atom. The van der Waals surface area contributed by atoms with Gasteiger partial charge < -0.3 is 10.4 Å². The normalized spacial score (nSPS) is 15.6. The third kappa shape index (κ3) is 1.78. The fourth-order valence-electron chi connectivity index (χ4n) is 1.67. The number of nitrogens with one attached hydrogen (secondary N) is 1. The second kappa shape index (κ2) is 3.96. The summed E-state index contributed by atoms with van der Waals surface area (Å²) in [6, 6.07) is 0.184. The Balaban J connectivity index is 2.20. The van der Waals surface area contributed by atoms with Gasteiger partial charge in [-0.25, -0.2) is 4.79 Å². The van der Waals surface area contributed by atoms with E-state index in [2.05, 4.69) is 10.4 Å². The van der Waals surface area contributed by atoms with Crippen molar-refractivity contribution in [3.8, 4) is 0 Å². The maximum Gasteiger partial charge on any atom is 0.339 e. The lowest BCUT2D eigenvalue weighted by molar-refractivity contribution is 0.0689. The molecule has 16 heavy (non-hydrogen) atoms. The lowest BCUT2D eigenvalue weighted by Crippen LogP contribution is -2.40. The largest absolute Gasteiger partial charge is 0.478 e. The van der Waals surface area contributed by atoms with Crippen molar-refractivity contribution in [1.29, 1.82) is 0 Å². The van der Waals surface area contributed by atoms with Crippen LogP contribution in [0, 0.1) is 0 Å². The van der Waals surface area contributed by atoms with Crippen LogP contribution in [-0.2, 0) is 7.05 Å². The van der Waals surface area contributed by atoms with Crippen LogP contribution in [0.25, 0.3) is 0 Å². The van der Waals surface area contributed by atoms with Gasteiger partial charge in [-0.15, -0.1) is 0 Å². The van der Waals surface area contributed by atoms with Crippen LogP contribution in [0.3, 0.4) is 0 Å². The number of carboxylic acids is 1. The summed E-state index contributed by atoms with van der Waals surface area (Å²) in [5.74, 6) is -1.49. The van der Waals surface area contributed by atoms with Crippen molar-refractivity contribution in [2.24, 2.45) is 7.05 Å². The molecule has 0 atom stereocenters. The molecule has 1 heterocycles. The van der Waals surface area contributed by atoms with E-state index in [1.54, 1.807) is 7.05 Å². The number of nitrogens with zero attached hydrogens (tertiary/aromatic N) is 2. The number of carboxylic acid groups (broad SMARTS) is 1. The molecule has 1 aliphatic rings. The summed E-state index contributed by atoms with van der Waals surface area (Å²) >= 11 is 0. The molecule has 1 saturated carbocycles. The monoisotopic (exact) mass is 223 g/mol. The number of carbonyl (C=O) groups is 2. The van der Waals surface area contributed by atoms with Gasteiger partial charge in [0.2, 0.25) is 0 Å². The van der Waals surface area contributed by atoms with E-state index in [0.717, 1.165) is 19.3 Å². The zero-order chi connectivity index (χ0) is 11.7. The third-order valence-corrected chi connectivity index (χ3v) is 2.82. The molecule has 86 valence electrons. The minimum atomic E-state index is -1.13. The van der Waals surface area contributed by atoms with Crippen LogP contribution < -0.4 is 5.32 Å². The number of aromatic carboxylic acids is 1. The molecule has 1 aliphatic carbocycles. The molecule has 2 N–H and O–H groups in total. The number of aromatic nitrogens is 2. The summed E-state index contributed by atoms with van der Waals surface area (Å²) in [5, 5.41) is 15.5.